The SMILES string of the molecule is COC(=O)C1(NC(=O)Cc2c(Cl)cccc2OC)CCCCC1. The first-order chi connectivity index (χ1) is 11.0. The van der Waals surface area contributed by atoms with Gasteiger partial charge >= 0.3 is 5.97 Å². The number of ether oxygens (including phenoxy) is 2. The molecule has 126 valence electrons. The maximum atomic E-state index is 12.5. The Hall–Kier alpha value is -1.75. The second kappa shape index (κ2) is 7.68. The number of carbonyl (C=O) groups is 2. The minimum absolute atomic E-state index is 0.0571. The Morgan fingerprint density at radius 3 is 2.52 bits per heavy atom. The highest BCUT2D eigenvalue weighted by atomic mass is 35.5. The van der Waals surface area contributed by atoms with Crippen LogP contribution in [0.3, 0.4) is 0 Å². The molecule has 0 spiro atoms. The van der Waals surface area contributed by atoms with Crippen molar-refractivity contribution in [3.05, 3.63) is 28.8 Å². The number of halogens is 1. The van der Waals surface area contributed by atoms with Crippen LogP contribution in [0.15, 0.2) is 18.2 Å². The predicted octanol–water partition coefficient (Wildman–Crippen LogP) is 2.88. The number of rotatable bonds is 5. The fourth-order valence-electron chi connectivity index (χ4n) is 3.10. The van der Waals surface area contributed by atoms with Crippen LogP contribution in [0, 0.1) is 0 Å². The number of methoxy groups -OCH3 is 2. The van der Waals surface area contributed by atoms with Crippen molar-refractivity contribution in [2.75, 3.05) is 14.2 Å². The fraction of sp³-hybridized carbons (Fsp3) is 0.529. The molecule has 1 fully saturated rings. The van der Waals surface area contributed by atoms with Gasteiger partial charge in [-0.3, -0.25) is 4.79 Å². The summed E-state index contributed by atoms with van der Waals surface area (Å²) in [5.41, 5.74) is -0.302. The van der Waals surface area contributed by atoms with E-state index in [1.165, 1.54) is 14.2 Å². The van der Waals surface area contributed by atoms with Gasteiger partial charge in [0.25, 0.3) is 0 Å². The van der Waals surface area contributed by atoms with Gasteiger partial charge in [0.2, 0.25) is 5.91 Å². The number of esters is 1. The van der Waals surface area contributed by atoms with Gasteiger partial charge in [0.15, 0.2) is 0 Å². The number of hydrogen-bond donors (Lipinski definition) is 1. The summed E-state index contributed by atoms with van der Waals surface area (Å²) < 4.78 is 10.2. The van der Waals surface area contributed by atoms with Crippen molar-refractivity contribution in [2.24, 2.45) is 0 Å². The largest absolute Gasteiger partial charge is 0.496 e. The van der Waals surface area contributed by atoms with Gasteiger partial charge in [0, 0.05) is 10.6 Å². The third kappa shape index (κ3) is 3.96. The van der Waals surface area contributed by atoms with Crippen LogP contribution in [0.25, 0.3) is 0 Å². The van der Waals surface area contributed by atoms with E-state index < -0.39 is 5.54 Å². The van der Waals surface area contributed by atoms with Crippen LogP contribution in [0.2, 0.25) is 5.02 Å². The predicted molar refractivity (Wildman–Crippen MR) is 87.7 cm³/mol. The number of carbonyl (C=O) groups excluding carboxylic acids is 2. The zero-order valence-corrected chi connectivity index (χ0v) is 14.2. The van der Waals surface area contributed by atoms with Crippen LogP contribution in [0.4, 0.5) is 0 Å². The maximum absolute atomic E-state index is 12.5. The highest BCUT2D eigenvalue weighted by Gasteiger charge is 2.41. The van der Waals surface area contributed by atoms with Gasteiger partial charge in [0.05, 0.1) is 20.6 Å². The summed E-state index contributed by atoms with van der Waals surface area (Å²) in [5, 5.41) is 3.35. The first kappa shape index (κ1) is 17.6. The summed E-state index contributed by atoms with van der Waals surface area (Å²) in [7, 11) is 2.88. The van der Waals surface area contributed by atoms with Crippen molar-refractivity contribution in [3.63, 3.8) is 0 Å². The summed E-state index contributed by atoms with van der Waals surface area (Å²) in [5.74, 6) is -0.0798. The molecule has 0 aromatic heterocycles. The standard InChI is InChI=1S/C17H22ClNO4/c1-22-14-8-6-7-13(18)12(14)11-15(20)19-17(16(21)23-2)9-4-3-5-10-17/h6-8H,3-5,9-11H2,1-2H3,(H,19,20). The molecule has 0 atom stereocenters. The molecule has 1 N–H and O–H groups in total. The summed E-state index contributed by atoms with van der Waals surface area (Å²) in [6, 6.07) is 5.23. The molecule has 0 radical (unpaired) electrons. The van der Waals surface area contributed by atoms with Crippen LogP contribution in [0.1, 0.15) is 37.7 Å². The smallest absolute Gasteiger partial charge is 0.331 e. The van der Waals surface area contributed by atoms with Gasteiger partial charge < -0.3 is 14.8 Å². The molecular formula is C17H22ClNO4. The number of amides is 1. The van der Waals surface area contributed by atoms with Gasteiger partial charge in [-0.2, -0.15) is 0 Å². The zero-order chi connectivity index (χ0) is 16.9. The highest BCUT2D eigenvalue weighted by Crippen LogP contribution is 2.31. The van der Waals surface area contributed by atoms with Crippen molar-refractivity contribution < 1.29 is 19.1 Å². The van der Waals surface area contributed by atoms with Crippen LogP contribution in [0.5, 0.6) is 5.75 Å². The third-order valence-corrected chi connectivity index (χ3v) is 4.65. The van der Waals surface area contributed by atoms with Gasteiger partial charge in [-0.05, 0) is 25.0 Å². The van der Waals surface area contributed by atoms with Gasteiger partial charge in [-0.1, -0.05) is 36.9 Å². The van der Waals surface area contributed by atoms with E-state index in [0.29, 0.717) is 29.2 Å². The Labute approximate surface area is 141 Å². The minimum atomic E-state index is -0.918. The molecule has 2 rings (SSSR count). The number of nitrogens with one attached hydrogen (secondary N) is 1. The molecule has 1 aliphatic carbocycles. The molecule has 1 saturated carbocycles. The summed E-state index contributed by atoms with van der Waals surface area (Å²) in [6.07, 6.45) is 4.11. The lowest BCUT2D eigenvalue weighted by atomic mass is 9.81. The molecule has 23 heavy (non-hydrogen) atoms. The Morgan fingerprint density at radius 1 is 1.22 bits per heavy atom. The molecule has 0 saturated heterocycles. The molecule has 1 aliphatic rings. The molecule has 0 unspecified atom stereocenters. The van der Waals surface area contributed by atoms with E-state index in [1.54, 1.807) is 18.2 Å². The molecule has 0 heterocycles. The van der Waals surface area contributed by atoms with E-state index in [2.05, 4.69) is 5.32 Å². The van der Waals surface area contributed by atoms with Crippen LogP contribution in [-0.2, 0) is 20.7 Å². The molecule has 1 aromatic carbocycles. The molecular weight excluding hydrogens is 318 g/mol. The minimum Gasteiger partial charge on any atom is -0.496 e. The first-order valence-electron chi connectivity index (χ1n) is 7.73. The molecule has 1 aromatic rings. The van der Waals surface area contributed by atoms with Crippen molar-refractivity contribution in [1.82, 2.24) is 5.32 Å². The third-order valence-electron chi connectivity index (χ3n) is 4.30. The normalized spacial score (nSPS) is 16.5. The van der Waals surface area contributed by atoms with Crippen LogP contribution >= 0.6 is 11.6 Å². The molecule has 0 bridgehead atoms. The maximum Gasteiger partial charge on any atom is 0.331 e. The first-order valence-corrected chi connectivity index (χ1v) is 8.11. The lowest BCUT2D eigenvalue weighted by molar-refractivity contribution is -0.152. The average Bonchev–Trinajstić information content (AvgIpc) is 2.56. The molecule has 1 amide bonds. The van der Waals surface area contributed by atoms with Crippen molar-refractivity contribution >= 4 is 23.5 Å². The molecule has 0 aliphatic heterocycles. The van der Waals surface area contributed by atoms with Gasteiger partial charge in [-0.25, -0.2) is 4.79 Å². The lowest BCUT2D eigenvalue weighted by Crippen LogP contribution is -2.56. The average molecular weight is 340 g/mol. The highest BCUT2D eigenvalue weighted by molar-refractivity contribution is 6.31. The Balaban J connectivity index is 2.16. The fourth-order valence-corrected chi connectivity index (χ4v) is 3.34. The summed E-state index contributed by atoms with van der Waals surface area (Å²) >= 11 is 6.17. The summed E-state index contributed by atoms with van der Waals surface area (Å²) in [4.78, 5) is 24.7. The van der Waals surface area contributed by atoms with E-state index >= 15 is 0 Å². The van der Waals surface area contributed by atoms with Crippen molar-refractivity contribution in [1.29, 1.82) is 0 Å². The Morgan fingerprint density at radius 2 is 1.91 bits per heavy atom. The van der Waals surface area contributed by atoms with E-state index in [-0.39, 0.29) is 18.3 Å². The molecule has 5 nitrogen and oxygen atoms in total. The van der Waals surface area contributed by atoms with E-state index in [4.69, 9.17) is 21.1 Å². The van der Waals surface area contributed by atoms with Crippen molar-refractivity contribution in [2.45, 2.75) is 44.1 Å². The van der Waals surface area contributed by atoms with Crippen LogP contribution < -0.4 is 10.1 Å². The van der Waals surface area contributed by atoms with Gasteiger partial charge in [0.1, 0.15) is 11.3 Å². The Kier molecular flexibility index (Phi) is 5.88. The van der Waals surface area contributed by atoms with E-state index in [9.17, 15) is 9.59 Å². The van der Waals surface area contributed by atoms with Gasteiger partial charge in [-0.15, -0.1) is 0 Å². The second-order valence-corrected chi connectivity index (χ2v) is 6.19. The zero-order valence-electron chi connectivity index (χ0n) is 13.5. The Bertz CT molecular complexity index is 582. The monoisotopic (exact) mass is 339 g/mol. The quantitative estimate of drug-likeness (QED) is 0.838. The number of hydrogen-bond acceptors (Lipinski definition) is 4. The molecule has 6 heteroatoms. The van der Waals surface area contributed by atoms with Crippen LogP contribution in [-0.4, -0.2) is 31.6 Å². The van der Waals surface area contributed by atoms with E-state index in [1.807, 2.05) is 0 Å². The summed E-state index contributed by atoms with van der Waals surface area (Å²) in [6.45, 7) is 0. The van der Waals surface area contributed by atoms with Crippen molar-refractivity contribution in [3.8, 4) is 5.75 Å². The second-order valence-electron chi connectivity index (χ2n) is 5.78. The van der Waals surface area contributed by atoms with E-state index in [0.717, 1.165) is 19.3 Å². The topological polar surface area (TPSA) is 64.6 Å². The number of benzene rings is 1. The lowest BCUT2D eigenvalue weighted by Gasteiger charge is -2.35.